The van der Waals surface area contributed by atoms with E-state index in [0.29, 0.717) is 0 Å². The average Bonchev–Trinajstić information content (AvgIpc) is 2.42. The molecule has 0 saturated heterocycles. The van der Waals surface area contributed by atoms with Crippen molar-refractivity contribution in [1.82, 2.24) is 4.90 Å². The molecular formula is C15H26BrN3. The van der Waals surface area contributed by atoms with E-state index in [1.54, 1.807) is 0 Å². The molecule has 0 unspecified atom stereocenters. The Hall–Kier alpha value is -0.740. The van der Waals surface area contributed by atoms with Crippen molar-refractivity contribution in [2.45, 2.75) is 27.2 Å². The molecule has 0 atom stereocenters. The fourth-order valence-electron chi connectivity index (χ4n) is 2.26. The van der Waals surface area contributed by atoms with Gasteiger partial charge >= 0.3 is 0 Å². The molecule has 0 aliphatic carbocycles. The summed E-state index contributed by atoms with van der Waals surface area (Å²) in [7, 11) is 0. The third-order valence-corrected chi connectivity index (χ3v) is 4.00. The van der Waals surface area contributed by atoms with E-state index < -0.39 is 0 Å². The number of benzene rings is 1. The van der Waals surface area contributed by atoms with Crippen molar-refractivity contribution in [2.24, 2.45) is 0 Å². The van der Waals surface area contributed by atoms with Crippen LogP contribution in [-0.4, -0.2) is 37.6 Å². The van der Waals surface area contributed by atoms with E-state index in [2.05, 4.69) is 52.6 Å². The Morgan fingerprint density at radius 2 is 1.74 bits per heavy atom. The van der Waals surface area contributed by atoms with Crippen LogP contribution in [-0.2, 0) is 0 Å². The number of hydrogen-bond acceptors (Lipinski definition) is 3. The molecule has 0 aromatic heterocycles. The molecule has 1 aromatic carbocycles. The molecule has 2 N–H and O–H groups in total. The second-order valence-electron chi connectivity index (χ2n) is 4.66. The Morgan fingerprint density at radius 3 is 2.32 bits per heavy atom. The minimum absolute atomic E-state index is 0.855. The minimum Gasteiger partial charge on any atom is -0.397 e. The fourth-order valence-corrected chi connectivity index (χ4v) is 2.61. The largest absolute Gasteiger partial charge is 0.397 e. The van der Waals surface area contributed by atoms with Gasteiger partial charge in [0.2, 0.25) is 0 Å². The van der Waals surface area contributed by atoms with E-state index in [4.69, 9.17) is 5.73 Å². The molecule has 0 saturated carbocycles. The topological polar surface area (TPSA) is 32.5 Å². The van der Waals surface area contributed by atoms with Crippen LogP contribution in [0.3, 0.4) is 0 Å². The second kappa shape index (κ2) is 8.43. The lowest BCUT2D eigenvalue weighted by Gasteiger charge is -2.26. The predicted molar refractivity (Wildman–Crippen MR) is 88.8 cm³/mol. The van der Waals surface area contributed by atoms with Crippen molar-refractivity contribution < 1.29 is 0 Å². The molecule has 0 heterocycles. The average molecular weight is 328 g/mol. The molecule has 108 valence electrons. The van der Waals surface area contributed by atoms with Gasteiger partial charge in [-0.15, -0.1) is 0 Å². The first-order chi connectivity index (χ1) is 9.12. The van der Waals surface area contributed by atoms with Gasteiger partial charge < -0.3 is 15.5 Å². The van der Waals surface area contributed by atoms with Crippen LogP contribution in [0.4, 0.5) is 11.4 Å². The number of halogens is 1. The Balaban J connectivity index is 2.60. The normalized spacial score (nSPS) is 11.0. The van der Waals surface area contributed by atoms with Crippen LogP contribution in [0.5, 0.6) is 0 Å². The zero-order chi connectivity index (χ0) is 14.3. The van der Waals surface area contributed by atoms with Crippen LogP contribution in [0.15, 0.2) is 22.7 Å². The fraction of sp³-hybridized carbons (Fsp3) is 0.600. The van der Waals surface area contributed by atoms with E-state index in [-0.39, 0.29) is 0 Å². The summed E-state index contributed by atoms with van der Waals surface area (Å²) in [6.07, 6.45) is 1.17. The van der Waals surface area contributed by atoms with E-state index in [1.165, 1.54) is 6.42 Å². The maximum Gasteiger partial charge on any atom is 0.0611 e. The van der Waals surface area contributed by atoms with Crippen LogP contribution in [0.25, 0.3) is 0 Å². The van der Waals surface area contributed by atoms with Gasteiger partial charge in [0.25, 0.3) is 0 Å². The molecule has 0 aliphatic heterocycles. The summed E-state index contributed by atoms with van der Waals surface area (Å²) in [5.74, 6) is 0. The van der Waals surface area contributed by atoms with Gasteiger partial charge in [0, 0.05) is 17.6 Å². The van der Waals surface area contributed by atoms with Crippen molar-refractivity contribution in [2.75, 3.05) is 43.4 Å². The molecule has 1 aromatic rings. The number of rotatable bonds is 8. The molecule has 0 spiro atoms. The highest BCUT2D eigenvalue weighted by Crippen LogP contribution is 2.27. The predicted octanol–water partition coefficient (Wildman–Crippen LogP) is 3.59. The second-order valence-corrected chi connectivity index (χ2v) is 5.58. The van der Waals surface area contributed by atoms with Crippen molar-refractivity contribution in [3.8, 4) is 0 Å². The molecule has 1 rings (SSSR count). The molecule has 0 radical (unpaired) electrons. The summed E-state index contributed by atoms with van der Waals surface area (Å²) in [4.78, 5) is 4.81. The number of nitrogens with zero attached hydrogens (tertiary/aromatic N) is 2. The first kappa shape index (κ1) is 16.3. The Kier molecular flexibility index (Phi) is 7.24. The number of nitrogens with two attached hydrogens (primary N) is 1. The Bertz CT molecular complexity index is 378. The van der Waals surface area contributed by atoms with Gasteiger partial charge in [-0.25, -0.2) is 0 Å². The van der Waals surface area contributed by atoms with Gasteiger partial charge in [-0.3, -0.25) is 0 Å². The molecule has 0 aliphatic rings. The summed E-state index contributed by atoms with van der Waals surface area (Å²) < 4.78 is 1.08. The SMILES string of the molecule is CCN(CC)CCCN(CC)c1cc(Br)ccc1N. The maximum absolute atomic E-state index is 6.08. The number of anilines is 2. The van der Waals surface area contributed by atoms with Gasteiger partial charge in [-0.05, 0) is 51.2 Å². The minimum atomic E-state index is 0.855. The third kappa shape index (κ3) is 5.03. The molecule has 0 bridgehead atoms. The summed E-state index contributed by atoms with van der Waals surface area (Å²) >= 11 is 3.52. The van der Waals surface area contributed by atoms with Gasteiger partial charge in [0.1, 0.15) is 0 Å². The van der Waals surface area contributed by atoms with Gasteiger partial charge in [0.15, 0.2) is 0 Å². The molecule has 0 amide bonds. The van der Waals surface area contributed by atoms with Crippen molar-refractivity contribution in [1.29, 1.82) is 0 Å². The third-order valence-electron chi connectivity index (χ3n) is 3.51. The van der Waals surface area contributed by atoms with Gasteiger partial charge in [0.05, 0.1) is 11.4 Å². The summed E-state index contributed by atoms with van der Waals surface area (Å²) in [6.45, 7) is 12.0. The zero-order valence-corrected chi connectivity index (χ0v) is 13.9. The highest BCUT2D eigenvalue weighted by Gasteiger charge is 2.09. The highest BCUT2D eigenvalue weighted by molar-refractivity contribution is 9.10. The summed E-state index contributed by atoms with van der Waals surface area (Å²) in [6, 6.07) is 6.06. The quantitative estimate of drug-likeness (QED) is 0.740. The first-order valence-electron chi connectivity index (χ1n) is 7.14. The van der Waals surface area contributed by atoms with Crippen molar-refractivity contribution in [3.05, 3.63) is 22.7 Å². The summed E-state index contributed by atoms with van der Waals surface area (Å²) in [5, 5.41) is 0. The standard InChI is InChI=1S/C15H26BrN3/c1-4-18(5-2)10-7-11-19(6-3)15-12-13(16)8-9-14(15)17/h8-9,12H,4-7,10-11,17H2,1-3H3. The smallest absolute Gasteiger partial charge is 0.0611 e. The lowest BCUT2D eigenvalue weighted by molar-refractivity contribution is 0.301. The van der Waals surface area contributed by atoms with Crippen molar-refractivity contribution in [3.63, 3.8) is 0 Å². The molecule has 19 heavy (non-hydrogen) atoms. The maximum atomic E-state index is 6.08. The molecule has 3 nitrogen and oxygen atoms in total. The highest BCUT2D eigenvalue weighted by atomic mass is 79.9. The van der Waals surface area contributed by atoms with Crippen molar-refractivity contribution >= 4 is 27.3 Å². The first-order valence-corrected chi connectivity index (χ1v) is 7.93. The number of hydrogen-bond donors (Lipinski definition) is 1. The molecule has 4 heteroatoms. The van der Waals surface area contributed by atoms with Crippen LogP contribution in [0.1, 0.15) is 27.2 Å². The monoisotopic (exact) mass is 327 g/mol. The van der Waals surface area contributed by atoms with E-state index >= 15 is 0 Å². The van der Waals surface area contributed by atoms with Gasteiger partial charge in [-0.2, -0.15) is 0 Å². The van der Waals surface area contributed by atoms with Gasteiger partial charge in [-0.1, -0.05) is 29.8 Å². The van der Waals surface area contributed by atoms with Crippen LogP contribution in [0, 0.1) is 0 Å². The molecular weight excluding hydrogens is 302 g/mol. The van der Waals surface area contributed by atoms with Crippen LogP contribution < -0.4 is 10.6 Å². The van der Waals surface area contributed by atoms with E-state index in [0.717, 1.165) is 48.6 Å². The Morgan fingerprint density at radius 1 is 1.05 bits per heavy atom. The van der Waals surface area contributed by atoms with E-state index in [9.17, 15) is 0 Å². The zero-order valence-electron chi connectivity index (χ0n) is 12.3. The lowest BCUT2D eigenvalue weighted by atomic mass is 10.2. The van der Waals surface area contributed by atoms with E-state index in [1.807, 2.05) is 12.1 Å². The van der Waals surface area contributed by atoms with Crippen LogP contribution >= 0.6 is 15.9 Å². The number of nitrogen functional groups attached to an aromatic ring is 1. The summed E-state index contributed by atoms with van der Waals surface area (Å²) in [5.41, 5.74) is 8.07. The lowest BCUT2D eigenvalue weighted by Crippen LogP contribution is -2.30. The molecule has 0 fully saturated rings. The van der Waals surface area contributed by atoms with Crippen LogP contribution in [0.2, 0.25) is 0 Å². The Labute approximate surface area is 125 Å².